The predicted octanol–water partition coefficient (Wildman–Crippen LogP) is 2.69. The number of piperidine rings is 1. The zero-order chi connectivity index (χ0) is 19.5. The highest BCUT2D eigenvalue weighted by atomic mass is 16.2. The maximum atomic E-state index is 12.9. The summed E-state index contributed by atoms with van der Waals surface area (Å²) in [4.78, 5) is 27.9. The van der Waals surface area contributed by atoms with E-state index >= 15 is 0 Å². The molecule has 1 saturated heterocycles. The topological polar surface area (TPSA) is 91.3 Å². The molecule has 1 aliphatic rings. The first-order valence-corrected chi connectivity index (χ1v) is 9.87. The molecule has 0 unspecified atom stereocenters. The number of carbonyl (C=O) groups is 1. The Bertz CT molecular complexity index is 1050. The molecule has 28 heavy (non-hydrogen) atoms. The molecule has 1 aliphatic heterocycles. The molecule has 0 spiro atoms. The molecule has 7 nitrogen and oxygen atoms in total. The highest BCUT2D eigenvalue weighted by Gasteiger charge is 2.22. The van der Waals surface area contributed by atoms with Gasteiger partial charge < -0.3 is 15.6 Å². The van der Waals surface area contributed by atoms with Gasteiger partial charge in [-0.2, -0.15) is 5.10 Å². The van der Waals surface area contributed by atoms with E-state index in [1.807, 2.05) is 18.2 Å². The number of nitrogens with one attached hydrogen (secondary N) is 3. The lowest BCUT2D eigenvalue weighted by Crippen LogP contribution is -2.28. The number of benzene rings is 1. The first-order valence-electron chi connectivity index (χ1n) is 9.87. The monoisotopic (exact) mass is 379 g/mol. The van der Waals surface area contributed by atoms with Crippen LogP contribution in [0.2, 0.25) is 0 Å². The highest BCUT2D eigenvalue weighted by Crippen LogP contribution is 2.25. The number of nitrogens with zero attached hydrogens (tertiary/aromatic N) is 2. The van der Waals surface area contributed by atoms with Crippen LogP contribution in [0.15, 0.2) is 41.3 Å². The Morgan fingerprint density at radius 3 is 2.89 bits per heavy atom. The Hall–Kier alpha value is -2.93. The summed E-state index contributed by atoms with van der Waals surface area (Å²) in [5.41, 5.74) is 3.40. The number of aromatic nitrogens is 3. The SMILES string of the molecule is CCCc1cccc(NC(=O)c2cnn3c(C4CCNCC4)cc(=O)[nH]c23)c1. The molecule has 0 atom stereocenters. The van der Waals surface area contributed by atoms with Crippen LogP contribution >= 0.6 is 0 Å². The van der Waals surface area contributed by atoms with Gasteiger partial charge >= 0.3 is 0 Å². The Morgan fingerprint density at radius 2 is 2.11 bits per heavy atom. The van der Waals surface area contributed by atoms with Crippen LogP contribution < -0.4 is 16.2 Å². The van der Waals surface area contributed by atoms with Crippen LogP contribution in [0.3, 0.4) is 0 Å². The summed E-state index contributed by atoms with van der Waals surface area (Å²) in [5.74, 6) is -0.0191. The van der Waals surface area contributed by atoms with E-state index in [-0.39, 0.29) is 17.4 Å². The van der Waals surface area contributed by atoms with Crippen LogP contribution in [0.25, 0.3) is 5.65 Å². The van der Waals surface area contributed by atoms with Crippen LogP contribution in [0.1, 0.15) is 53.7 Å². The predicted molar refractivity (Wildman–Crippen MR) is 109 cm³/mol. The van der Waals surface area contributed by atoms with Crippen molar-refractivity contribution in [2.75, 3.05) is 18.4 Å². The second-order valence-electron chi connectivity index (χ2n) is 7.31. The molecule has 0 saturated carbocycles. The molecule has 3 heterocycles. The minimum atomic E-state index is -0.276. The van der Waals surface area contributed by atoms with Crippen molar-refractivity contribution >= 4 is 17.2 Å². The van der Waals surface area contributed by atoms with Gasteiger partial charge in [0.2, 0.25) is 0 Å². The number of aryl methyl sites for hydroxylation is 1. The van der Waals surface area contributed by atoms with E-state index in [4.69, 9.17) is 0 Å². The van der Waals surface area contributed by atoms with Crippen LogP contribution in [0.4, 0.5) is 5.69 Å². The summed E-state index contributed by atoms with van der Waals surface area (Å²) in [5, 5.41) is 10.7. The van der Waals surface area contributed by atoms with Crippen molar-refractivity contribution in [2.24, 2.45) is 0 Å². The number of rotatable bonds is 5. The number of anilines is 1. The van der Waals surface area contributed by atoms with E-state index in [1.54, 1.807) is 10.6 Å². The summed E-state index contributed by atoms with van der Waals surface area (Å²) in [6.07, 6.45) is 5.44. The van der Waals surface area contributed by atoms with Crippen LogP contribution in [-0.2, 0) is 6.42 Å². The maximum Gasteiger partial charge on any atom is 0.261 e. The average molecular weight is 379 g/mol. The van der Waals surface area contributed by atoms with E-state index in [2.05, 4.69) is 33.7 Å². The number of carbonyl (C=O) groups excluding carboxylic acids is 1. The summed E-state index contributed by atoms with van der Waals surface area (Å²) < 4.78 is 1.71. The Balaban J connectivity index is 1.65. The maximum absolute atomic E-state index is 12.9. The molecule has 2 aromatic heterocycles. The Labute approximate surface area is 163 Å². The number of H-pyrrole nitrogens is 1. The third-order valence-corrected chi connectivity index (χ3v) is 5.26. The molecule has 0 radical (unpaired) electrons. The molecule has 1 fully saturated rings. The number of amides is 1. The van der Waals surface area contributed by atoms with Crippen LogP contribution in [0, 0.1) is 0 Å². The van der Waals surface area contributed by atoms with E-state index < -0.39 is 0 Å². The second-order valence-corrected chi connectivity index (χ2v) is 7.31. The average Bonchev–Trinajstić information content (AvgIpc) is 3.12. The fraction of sp³-hybridized carbons (Fsp3) is 0.381. The second kappa shape index (κ2) is 7.98. The Kier molecular flexibility index (Phi) is 5.25. The highest BCUT2D eigenvalue weighted by molar-refractivity contribution is 6.08. The lowest BCUT2D eigenvalue weighted by molar-refractivity contribution is 0.102. The van der Waals surface area contributed by atoms with Crippen molar-refractivity contribution in [3.05, 3.63) is 63.7 Å². The summed E-state index contributed by atoms with van der Waals surface area (Å²) in [6, 6.07) is 9.44. The van der Waals surface area contributed by atoms with Gasteiger partial charge in [-0.15, -0.1) is 0 Å². The molecule has 1 aromatic carbocycles. The lowest BCUT2D eigenvalue weighted by Gasteiger charge is -2.23. The van der Waals surface area contributed by atoms with Crippen molar-refractivity contribution < 1.29 is 4.79 Å². The van der Waals surface area contributed by atoms with Gasteiger partial charge in [-0.3, -0.25) is 9.59 Å². The number of fused-ring (bicyclic) bond motifs is 1. The molecule has 146 valence electrons. The standard InChI is InChI=1S/C21H25N5O2/c1-2-4-14-5-3-6-16(11-14)24-21(28)17-13-23-26-18(12-19(27)25-20(17)26)15-7-9-22-10-8-15/h3,5-6,11-13,15,22H,2,4,7-10H2,1H3,(H,24,28)(H,25,27). The first kappa shape index (κ1) is 18.4. The molecule has 1 amide bonds. The number of hydrogen-bond acceptors (Lipinski definition) is 4. The third-order valence-electron chi connectivity index (χ3n) is 5.26. The molecule has 0 bridgehead atoms. The van der Waals surface area contributed by atoms with Crippen LogP contribution in [-0.4, -0.2) is 33.6 Å². The fourth-order valence-electron chi connectivity index (χ4n) is 3.88. The van der Waals surface area contributed by atoms with Crippen molar-refractivity contribution in [3.8, 4) is 0 Å². The first-order chi connectivity index (χ1) is 13.7. The molecular weight excluding hydrogens is 354 g/mol. The molecule has 0 aliphatic carbocycles. The van der Waals surface area contributed by atoms with E-state index in [0.29, 0.717) is 11.2 Å². The lowest BCUT2D eigenvalue weighted by atomic mass is 9.94. The zero-order valence-corrected chi connectivity index (χ0v) is 16.0. The third kappa shape index (κ3) is 3.71. The molecule has 4 rings (SSSR count). The minimum absolute atomic E-state index is 0.208. The molecule has 7 heteroatoms. The van der Waals surface area contributed by atoms with Crippen molar-refractivity contribution in [1.29, 1.82) is 0 Å². The van der Waals surface area contributed by atoms with Gasteiger partial charge in [-0.05, 0) is 50.0 Å². The van der Waals surface area contributed by atoms with Gasteiger partial charge in [0.25, 0.3) is 11.5 Å². The van der Waals surface area contributed by atoms with Gasteiger partial charge in [0.05, 0.1) is 11.9 Å². The largest absolute Gasteiger partial charge is 0.322 e. The van der Waals surface area contributed by atoms with Gasteiger partial charge in [-0.1, -0.05) is 25.5 Å². The van der Waals surface area contributed by atoms with Gasteiger partial charge in [-0.25, -0.2) is 4.52 Å². The van der Waals surface area contributed by atoms with Crippen molar-refractivity contribution in [3.63, 3.8) is 0 Å². The van der Waals surface area contributed by atoms with Crippen LogP contribution in [0.5, 0.6) is 0 Å². The molecular formula is C21H25N5O2. The van der Waals surface area contributed by atoms with Gasteiger partial charge in [0, 0.05) is 17.7 Å². The minimum Gasteiger partial charge on any atom is -0.322 e. The Morgan fingerprint density at radius 1 is 1.29 bits per heavy atom. The zero-order valence-electron chi connectivity index (χ0n) is 16.0. The quantitative estimate of drug-likeness (QED) is 0.636. The van der Waals surface area contributed by atoms with E-state index in [1.165, 1.54) is 11.8 Å². The van der Waals surface area contributed by atoms with Gasteiger partial charge in [0.1, 0.15) is 11.2 Å². The smallest absolute Gasteiger partial charge is 0.261 e. The van der Waals surface area contributed by atoms with Crippen molar-refractivity contribution in [2.45, 2.75) is 38.5 Å². The number of aromatic amines is 1. The summed E-state index contributed by atoms with van der Waals surface area (Å²) in [7, 11) is 0. The molecule has 3 aromatic rings. The van der Waals surface area contributed by atoms with E-state index in [0.717, 1.165) is 50.2 Å². The summed E-state index contributed by atoms with van der Waals surface area (Å²) in [6.45, 7) is 3.96. The summed E-state index contributed by atoms with van der Waals surface area (Å²) >= 11 is 0. The van der Waals surface area contributed by atoms with Gasteiger partial charge in [0.15, 0.2) is 0 Å². The van der Waals surface area contributed by atoms with E-state index in [9.17, 15) is 9.59 Å². The molecule has 3 N–H and O–H groups in total. The fourth-order valence-corrected chi connectivity index (χ4v) is 3.88. The van der Waals surface area contributed by atoms with Crippen molar-refractivity contribution in [1.82, 2.24) is 19.9 Å². The normalized spacial score (nSPS) is 15.0. The number of hydrogen-bond donors (Lipinski definition) is 3.